The zero-order chi connectivity index (χ0) is 20.1. The average molecular weight is 399 g/mol. The third-order valence-corrected chi connectivity index (χ3v) is 5.51. The van der Waals surface area contributed by atoms with Crippen molar-refractivity contribution in [2.75, 3.05) is 32.5 Å². The number of hydrogen-bond acceptors (Lipinski definition) is 6. The van der Waals surface area contributed by atoms with Crippen molar-refractivity contribution >= 4 is 11.8 Å². The number of rotatable bonds is 6. The van der Waals surface area contributed by atoms with E-state index in [9.17, 15) is 10.1 Å². The molecule has 0 saturated carbocycles. The molecule has 1 N–H and O–H groups in total. The van der Waals surface area contributed by atoms with Crippen molar-refractivity contribution in [3.63, 3.8) is 0 Å². The van der Waals surface area contributed by atoms with Crippen molar-refractivity contribution in [1.29, 1.82) is 5.26 Å². The lowest BCUT2D eigenvalue weighted by Crippen LogP contribution is -2.40. The van der Waals surface area contributed by atoms with Crippen molar-refractivity contribution in [2.45, 2.75) is 25.4 Å². The Bertz CT molecular complexity index is 911. The van der Waals surface area contributed by atoms with E-state index in [1.807, 2.05) is 36.6 Å². The smallest absolute Gasteiger partial charge is 0.270 e. The molecule has 2 aromatic rings. The second kappa shape index (κ2) is 9.26. The fraction of sp³-hybridized carbons (Fsp3) is 0.476. The summed E-state index contributed by atoms with van der Waals surface area (Å²) in [4.78, 5) is 21.6. The predicted molar refractivity (Wildman–Crippen MR) is 112 cm³/mol. The molecule has 1 aliphatic heterocycles. The van der Waals surface area contributed by atoms with Crippen molar-refractivity contribution < 1.29 is 4.74 Å². The first-order chi connectivity index (χ1) is 13.5. The number of nitrogens with zero attached hydrogens (tertiary/aromatic N) is 3. The van der Waals surface area contributed by atoms with Gasteiger partial charge in [0.15, 0.2) is 5.16 Å². The van der Waals surface area contributed by atoms with Crippen LogP contribution >= 0.6 is 11.8 Å². The normalized spacial score (nSPS) is 19.9. The van der Waals surface area contributed by atoms with Crippen LogP contribution in [0.25, 0.3) is 11.3 Å². The Morgan fingerprint density at radius 3 is 2.79 bits per heavy atom. The molecular weight excluding hydrogens is 372 g/mol. The van der Waals surface area contributed by atoms with E-state index in [0.717, 1.165) is 31.5 Å². The molecular formula is C21H26N4O2S. The topological polar surface area (TPSA) is 82.0 Å². The highest BCUT2D eigenvalue weighted by Gasteiger charge is 2.21. The summed E-state index contributed by atoms with van der Waals surface area (Å²) in [5, 5.41) is 9.85. The number of aromatic nitrogens is 2. The number of nitriles is 1. The predicted octanol–water partition coefficient (Wildman–Crippen LogP) is 3.39. The highest BCUT2D eigenvalue weighted by molar-refractivity contribution is 7.98. The highest BCUT2D eigenvalue weighted by atomic mass is 32.2. The van der Waals surface area contributed by atoms with Gasteiger partial charge in [-0.25, -0.2) is 4.98 Å². The number of hydrogen-bond donors (Lipinski definition) is 1. The molecule has 2 unspecified atom stereocenters. The molecule has 1 aromatic carbocycles. The molecule has 1 fully saturated rings. The Kier molecular flexibility index (Phi) is 6.76. The van der Waals surface area contributed by atoms with Gasteiger partial charge >= 0.3 is 0 Å². The molecule has 6 nitrogen and oxygen atoms in total. The third kappa shape index (κ3) is 4.94. The summed E-state index contributed by atoms with van der Waals surface area (Å²) in [7, 11) is 0. The molecule has 0 amide bonds. The minimum atomic E-state index is -0.420. The number of thioether (sulfide) groups is 1. The van der Waals surface area contributed by atoms with Crippen molar-refractivity contribution in [3.8, 4) is 23.1 Å². The van der Waals surface area contributed by atoms with Gasteiger partial charge in [0.25, 0.3) is 5.56 Å². The summed E-state index contributed by atoms with van der Waals surface area (Å²) in [5.74, 6) is 2.17. The minimum Gasteiger partial charge on any atom is -0.492 e. The lowest BCUT2D eigenvalue weighted by Gasteiger charge is -2.34. The number of aromatic amines is 1. The van der Waals surface area contributed by atoms with Crippen LogP contribution in [-0.2, 0) is 0 Å². The Morgan fingerprint density at radius 1 is 1.36 bits per heavy atom. The Labute approximate surface area is 169 Å². The summed E-state index contributed by atoms with van der Waals surface area (Å²) in [6.45, 7) is 8.34. The molecule has 0 radical (unpaired) electrons. The molecule has 2 heterocycles. The van der Waals surface area contributed by atoms with Gasteiger partial charge in [-0.1, -0.05) is 37.7 Å². The largest absolute Gasteiger partial charge is 0.492 e. The van der Waals surface area contributed by atoms with E-state index in [1.165, 1.54) is 18.2 Å². The Balaban J connectivity index is 1.72. The monoisotopic (exact) mass is 398 g/mol. The molecule has 7 heteroatoms. The molecule has 0 aliphatic carbocycles. The quantitative estimate of drug-likeness (QED) is 0.593. The number of nitrogens with one attached hydrogen (secondary N) is 1. The molecule has 148 valence electrons. The fourth-order valence-corrected chi connectivity index (χ4v) is 4.24. The zero-order valence-electron chi connectivity index (χ0n) is 16.6. The van der Waals surface area contributed by atoms with Gasteiger partial charge in [0.2, 0.25) is 0 Å². The molecule has 1 aliphatic rings. The van der Waals surface area contributed by atoms with Gasteiger partial charge in [-0.3, -0.25) is 9.69 Å². The van der Waals surface area contributed by atoms with E-state index in [0.29, 0.717) is 28.8 Å². The minimum absolute atomic E-state index is 0.0197. The van der Waals surface area contributed by atoms with E-state index in [1.54, 1.807) is 0 Å². The van der Waals surface area contributed by atoms with Crippen LogP contribution in [-0.4, -0.2) is 47.4 Å². The van der Waals surface area contributed by atoms with Crippen LogP contribution in [0.5, 0.6) is 5.75 Å². The highest BCUT2D eigenvalue weighted by Crippen LogP contribution is 2.25. The van der Waals surface area contributed by atoms with Crippen LogP contribution < -0.4 is 10.3 Å². The van der Waals surface area contributed by atoms with E-state index in [-0.39, 0.29) is 5.56 Å². The van der Waals surface area contributed by atoms with Gasteiger partial charge in [0, 0.05) is 25.2 Å². The van der Waals surface area contributed by atoms with Crippen LogP contribution in [0.4, 0.5) is 0 Å². The molecule has 1 aromatic heterocycles. The van der Waals surface area contributed by atoms with Gasteiger partial charge in [0.05, 0.1) is 5.69 Å². The van der Waals surface area contributed by atoms with Crippen LogP contribution in [0.1, 0.15) is 25.8 Å². The zero-order valence-corrected chi connectivity index (χ0v) is 17.4. The van der Waals surface area contributed by atoms with Crippen molar-refractivity contribution in [1.82, 2.24) is 14.9 Å². The van der Waals surface area contributed by atoms with E-state index in [4.69, 9.17) is 4.74 Å². The summed E-state index contributed by atoms with van der Waals surface area (Å²) in [6, 6.07) is 9.39. The Morgan fingerprint density at radius 2 is 2.11 bits per heavy atom. The second-order valence-corrected chi connectivity index (χ2v) is 8.29. The van der Waals surface area contributed by atoms with E-state index >= 15 is 0 Å². The molecule has 0 spiro atoms. The summed E-state index contributed by atoms with van der Waals surface area (Å²) >= 11 is 1.33. The molecule has 0 bridgehead atoms. The first-order valence-corrected chi connectivity index (χ1v) is 10.8. The van der Waals surface area contributed by atoms with Gasteiger partial charge in [-0.05, 0) is 36.6 Å². The molecule has 28 heavy (non-hydrogen) atoms. The summed E-state index contributed by atoms with van der Waals surface area (Å²) in [6.07, 6.45) is 3.12. The standard InChI is InChI=1S/C21H26N4O2S/c1-14-9-15(2)13-25(12-14)7-8-27-17-6-4-5-16(10-17)19-18(11-22)20(26)24-21(23-19)28-3/h4-6,10,14-15H,7-9,12-13H2,1-3H3,(H,23,24,26). The SMILES string of the molecule is CSc1nc(-c2cccc(OCCN3CC(C)CC(C)C3)c2)c(C#N)c(=O)[nH]1. The molecule has 3 rings (SSSR count). The maximum absolute atomic E-state index is 12.1. The van der Waals surface area contributed by atoms with E-state index in [2.05, 4.69) is 28.7 Å². The number of ether oxygens (including phenoxy) is 1. The van der Waals surface area contributed by atoms with E-state index < -0.39 is 5.56 Å². The van der Waals surface area contributed by atoms with Crippen LogP contribution in [0.15, 0.2) is 34.2 Å². The first-order valence-electron chi connectivity index (χ1n) is 9.54. The van der Waals surface area contributed by atoms with Crippen LogP contribution in [0.2, 0.25) is 0 Å². The Hall–Kier alpha value is -2.30. The van der Waals surface area contributed by atoms with Crippen molar-refractivity contribution in [2.24, 2.45) is 11.8 Å². The number of likely N-dealkylation sites (tertiary alicyclic amines) is 1. The number of piperidine rings is 1. The summed E-state index contributed by atoms with van der Waals surface area (Å²) in [5.41, 5.74) is 0.693. The fourth-order valence-electron chi connectivity index (χ4n) is 3.86. The van der Waals surface area contributed by atoms with Gasteiger partial charge in [-0.2, -0.15) is 5.26 Å². The molecule has 1 saturated heterocycles. The van der Waals surface area contributed by atoms with Gasteiger partial charge in [-0.15, -0.1) is 0 Å². The summed E-state index contributed by atoms with van der Waals surface area (Å²) < 4.78 is 5.96. The molecule has 2 atom stereocenters. The maximum Gasteiger partial charge on any atom is 0.270 e. The van der Waals surface area contributed by atoms with Gasteiger partial charge in [0.1, 0.15) is 24.0 Å². The number of benzene rings is 1. The first kappa shape index (κ1) is 20.4. The second-order valence-electron chi connectivity index (χ2n) is 7.49. The maximum atomic E-state index is 12.1. The number of H-pyrrole nitrogens is 1. The lowest BCUT2D eigenvalue weighted by molar-refractivity contribution is 0.120. The lowest BCUT2D eigenvalue weighted by atomic mass is 9.92. The van der Waals surface area contributed by atoms with Crippen molar-refractivity contribution in [3.05, 3.63) is 40.2 Å². The average Bonchev–Trinajstić information content (AvgIpc) is 2.67. The third-order valence-electron chi connectivity index (χ3n) is 4.93. The van der Waals surface area contributed by atoms with Crippen LogP contribution in [0, 0.1) is 23.2 Å². The van der Waals surface area contributed by atoms with Crippen LogP contribution in [0.3, 0.4) is 0 Å². The van der Waals surface area contributed by atoms with Gasteiger partial charge < -0.3 is 9.72 Å².